The van der Waals surface area contributed by atoms with Gasteiger partial charge in [0.05, 0.1) is 6.54 Å². The van der Waals surface area contributed by atoms with Crippen molar-refractivity contribution in [3.8, 4) is 0 Å². The molecular weight excluding hydrogens is 252 g/mol. The lowest BCUT2D eigenvalue weighted by molar-refractivity contribution is -0.137. The molecule has 0 aromatic carbocycles. The number of hydrogen-bond donors (Lipinski definition) is 0. The largest absolute Gasteiger partial charge is 0.340 e. The normalized spacial score (nSPS) is 22.2. The molecule has 1 aliphatic carbocycles. The molecule has 4 heteroatoms. The highest BCUT2D eigenvalue weighted by atomic mass is 16.2. The number of rotatable bonds is 3. The maximum absolute atomic E-state index is 12.3. The fourth-order valence-electron chi connectivity index (χ4n) is 3.00. The Morgan fingerprint density at radius 3 is 2.05 bits per heavy atom. The van der Waals surface area contributed by atoms with Gasteiger partial charge in [-0.15, -0.1) is 0 Å². The third kappa shape index (κ3) is 3.81. The summed E-state index contributed by atoms with van der Waals surface area (Å²) in [6.07, 6.45) is 4.55. The van der Waals surface area contributed by atoms with Gasteiger partial charge in [0.2, 0.25) is 5.91 Å². The van der Waals surface area contributed by atoms with E-state index < -0.39 is 0 Å². The maximum Gasteiger partial charge on any atom is 0.225 e. The van der Waals surface area contributed by atoms with Crippen LogP contribution in [0.3, 0.4) is 0 Å². The molecule has 0 atom stereocenters. The van der Waals surface area contributed by atoms with E-state index >= 15 is 0 Å². The van der Waals surface area contributed by atoms with E-state index in [4.69, 9.17) is 0 Å². The predicted octanol–water partition coefficient (Wildman–Crippen LogP) is 1.94. The fraction of sp³-hybridized carbons (Fsp3) is 0.875. The molecule has 0 radical (unpaired) electrons. The van der Waals surface area contributed by atoms with Crippen molar-refractivity contribution in [2.45, 2.75) is 46.5 Å². The molecule has 0 N–H and O–H groups in total. The Hall–Kier alpha value is -0.900. The second-order valence-electron chi connectivity index (χ2n) is 7.26. The number of ketones is 1. The van der Waals surface area contributed by atoms with Gasteiger partial charge in [0.25, 0.3) is 0 Å². The quantitative estimate of drug-likeness (QED) is 0.793. The van der Waals surface area contributed by atoms with Crippen LogP contribution in [-0.2, 0) is 9.59 Å². The molecular formula is C16H28N2O2. The van der Waals surface area contributed by atoms with Crippen molar-refractivity contribution >= 4 is 11.7 Å². The molecule has 1 aliphatic heterocycles. The minimum absolute atomic E-state index is 0.267. The Bertz CT molecular complexity index is 359. The van der Waals surface area contributed by atoms with Crippen LogP contribution in [0.2, 0.25) is 0 Å². The summed E-state index contributed by atoms with van der Waals surface area (Å²) in [4.78, 5) is 28.6. The third-order valence-electron chi connectivity index (χ3n) is 4.59. The van der Waals surface area contributed by atoms with Crippen molar-refractivity contribution in [3.63, 3.8) is 0 Å². The van der Waals surface area contributed by atoms with Gasteiger partial charge >= 0.3 is 0 Å². The fourth-order valence-corrected chi connectivity index (χ4v) is 3.00. The Morgan fingerprint density at radius 2 is 1.55 bits per heavy atom. The molecule has 2 fully saturated rings. The highest BCUT2D eigenvalue weighted by Gasteiger charge is 2.30. The van der Waals surface area contributed by atoms with Crippen molar-refractivity contribution in [1.82, 2.24) is 9.80 Å². The first-order valence-corrected chi connectivity index (χ1v) is 7.92. The van der Waals surface area contributed by atoms with Crippen LogP contribution in [0.5, 0.6) is 0 Å². The zero-order chi connectivity index (χ0) is 14.8. The summed E-state index contributed by atoms with van der Waals surface area (Å²) in [6, 6.07) is 0. The number of carbonyl (C=O) groups is 2. The molecule has 1 heterocycles. The van der Waals surface area contributed by atoms with Crippen molar-refractivity contribution in [1.29, 1.82) is 0 Å². The third-order valence-corrected chi connectivity index (χ3v) is 4.59. The van der Waals surface area contributed by atoms with Crippen LogP contribution in [0.1, 0.15) is 46.5 Å². The van der Waals surface area contributed by atoms with E-state index in [1.807, 2.05) is 25.7 Å². The summed E-state index contributed by atoms with van der Waals surface area (Å²) in [5.41, 5.74) is -0.267. The molecule has 0 aromatic rings. The summed E-state index contributed by atoms with van der Waals surface area (Å²) in [5, 5.41) is 0. The van der Waals surface area contributed by atoms with Gasteiger partial charge in [0.15, 0.2) is 5.78 Å². The molecule has 0 unspecified atom stereocenters. The first-order chi connectivity index (χ1) is 9.38. The average molecular weight is 280 g/mol. The molecule has 0 spiro atoms. The minimum atomic E-state index is -0.267. The molecule has 1 amide bonds. The number of amides is 1. The van der Waals surface area contributed by atoms with Gasteiger partial charge in [0.1, 0.15) is 0 Å². The topological polar surface area (TPSA) is 40.6 Å². The van der Waals surface area contributed by atoms with E-state index in [2.05, 4.69) is 4.90 Å². The van der Waals surface area contributed by atoms with Gasteiger partial charge < -0.3 is 4.90 Å². The lowest BCUT2D eigenvalue weighted by Crippen LogP contribution is -2.51. The summed E-state index contributed by atoms with van der Waals surface area (Å²) < 4.78 is 0. The van der Waals surface area contributed by atoms with Gasteiger partial charge in [0, 0.05) is 37.5 Å². The van der Waals surface area contributed by atoms with Crippen LogP contribution in [0.4, 0.5) is 0 Å². The second kappa shape index (κ2) is 6.25. The number of Topliss-reactive ketones (excluding diaryl/α,β-unsaturated/α-hetero) is 1. The Morgan fingerprint density at radius 1 is 1.00 bits per heavy atom. The molecule has 20 heavy (non-hydrogen) atoms. The van der Waals surface area contributed by atoms with E-state index in [0.29, 0.717) is 12.5 Å². The average Bonchev–Trinajstić information content (AvgIpc) is 2.91. The van der Waals surface area contributed by atoms with Gasteiger partial charge in [-0.05, 0) is 12.8 Å². The molecule has 0 bridgehead atoms. The summed E-state index contributed by atoms with van der Waals surface area (Å²) in [7, 11) is 0. The van der Waals surface area contributed by atoms with Gasteiger partial charge in [-0.2, -0.15) is 0 Å². The van der Waals surface area contributed by atoms with Gasteiger partial charge in [-0.3, -0.25) is 14.5 Å². The lowest BCUT2D eigenvalue weighted by atomic mass is 9.90. The zero-order valence-electron chi connectivity index (χ0n) is 13.2. The molecule has 2 rings (SSSR count). The molecule has 114 valence electrons. The van der Waals surface area contributed by atoms with Crippen LogP contribution in [0.25, 0.3) is 0 Å². The highest BCUT2D eigenvalue weighted by molar-refractivity contribution is 5.85. The van der Waals surface area contributed by atoms with Crippen LogP contribution in [0, 0.1) is 11.3 Å². The zero-order valence-corrected chi connectivity index (χ0v) is 13.2. The van der Waals surface area contributed by atoms with E-state index in [1.54, 1.807) is 0 Å². The van der Waals surface area contributed by atoms with Crippen LogP contribution in [0.15, 0.2) is 0 Å². The number of carbonyl (C=O) groups excluding carboxylic acids is 2. The first kappa shape index (κ1) is 15.5. The van der Waals surface area contributed by atoms with Gasteiger partial charge in [-0.25, -0.2) is 0 Å². The van der Waals surface area contributed by atoms with E-state index in [1.165, 1.54) is 12.8 Å². The molecule has 2 aliphatic rings. The van der Waals surface area contributed by atoms with E-state index in [-0.39, 0.29) is 17.1 Å². The van der Waals surface area contributed by atoms with Crippen molar-refractivity contribution in [3.05, 3.63) is 0 Å². The Labute approximate surface area is 122 Å². The summed E-state index contributed by atoms with van der Waals surface area (Å²) in [6.45, 7) is 9.66. The second-order valence-corrected chi connectivity index (χ2v) is 7.26. The first-order valence-electron chi connectivity index (χ1n) is 7.92. The van der Waals surface area contributed by atoms with Crippen LogP contribution >= 0.6 is 0 Å². The van der Waals surface area contributed by atoms with Crippen LogP contribution in [-0.4, -0.2) is 54.2 Å². The van der Waals surface area contributed by atoms with E-state index in [9.17, 15) is 9.59 Å². The SMILES string of the molecule is CC(C)(C)C(=O)CN1CCN(C(=O)C2CCCC2)CC1. The predicted molar refractivity (Wildman–Crippen MR) is 79.4 cm³/mol. The Kier molecular flexibility index (Phi) is 4.84. The standard InChI is InChI=1S/C16H28N2O2/c1-16(2,3)14(19)12-17-8-10-18(11-9-17)15(20)13-6-4-5-7-13/h13H,4-12H2,1-3H3. The summed E-state index contributed by atoms with van der Waals surface area (Å²) in [5.74, 6) is 0.912. The van der Waals surface area contributed by atoms with Crippen LogP contribution < -0.4 is 0 Å². The molecule has 1 saturated carbocycles. The summed E-state index contributed by atoms with van der Waals surface area (Å²) >= 11 is 0. The maximum atomic E-state index is 12.3. The van der Waals surface area contributed by atoms with Crippen molar-refractivity contribution < 1.29 is 9.59 Å². The minimum Gasteiger partial charge on any atom is -0.340 e. The Balaban J connectivity index is 1.77. The van der Waals surface area contributed by atoms with Gasteiger partial charge in [-0.1, -0.05) is 33.6 Å². The molecule has 0 aromatic heterocycles. The van der Waals surface area contributed by atoms with Crippen molar-refractivity contribution in [2.75, 3.05) is 32.7 Å². The lowest BCUT2D eigenvalue weighted by Gasteiger charge is -2.36. The monoisotopic (exact) mass is 280 g/mol. The smallest absolute Gasteiger partial charge is 0.225 e. The number of piperazine rings is 1. The molecule has 4 nitrogen and oxygen atoms in total. The number of nitrogens with zero attached hydrogens (tertiary/aromatic N) is 2. The number of hydrogen-bond acceptors (Lipinski definition) is 3. The highest BCUT2D eigenvalue weighted by Crippen LogP contribution is 2.27. The van der Waals surface area contributed by atoms with E-state index in [0.717, 1.165) is 39.0 Å². The van der Waals surface area contributed by atoms with Crippen molar-refractivity contribution in [2.24, 2.45) is 11.3 Å². The molecule has 1 saturated heterocycles.